The number of aliphatic hydroxyl groups is 1. The van der Waals surface area contributed by atoms with Crippen LogP contribution in [-0.4, -0.2) is 26.6 Å². The molecular formula is C25H20N2O5. The molecule has 3 aromatic carbocycles. The monoisotopic (exact) mass is 428 g/mol. The zero-order valence-electron chi connectivity index (χ0n) is 17.3. The van der Waals surface area contributed by atoms with Crippen LogP contribution in [0.25, 0.3) is 5.76 Å². The van der Waals surface area contributed by atoms with Crippen LogP contribution in [0.1, 0.15) is 28.3 Å². The highest BCUT2D eigenvalue weighted by atomic mass is 16.6. The second kappa shape index (κ2) is 8.47. The third-order valence-corrected chi connectivity index (χ3v) is 5.48. The van der Waals surface area contributed by atoms with Crippen LogP contribution in [0.15, 0.2) is 84.4 Å². The number of rotatable bonds is 5. The molecule has 0 bridgehead atoms. The molecule has 1 atom stereocenters. The minimum atomic E-state index is -0.877. The van der Waals surface area contributed by atoms with E-state index in [1.807, 2.05) is 37.3 Å². The Balaban J connectivity index is 1.85. The number of carbonyl (C=O) groups is 2. The Morgan fingerprint density at radius 2 is 1.59 bits per heavy atom. The number of likely N-dealkylation sites (tertiary alicyclic amines) is 1. The number of amides is 1. The molecule has 0 aromatic heterocycles. The predicted molar refractivity (Wildman–Crippen MR) is 119 cm³/mol. The van der Waals surface area contributed by atoms with Crippen molar-refractivity contribution in [2.45, 2.75) is 19.5 Å². The van der Waals surface area contributed by atoms with E-state index in [4.69, 9.17) is 0 Å². The number of ketones is 1. The van der Waals surface area contributed by atoms with E-state index >= 15 is 0 Å². The van der Waals surface area contributed by atoms with E-state index in [0.717, 1.165) is 11.1 Å². The normalized spacial score (nSPS) is 17.5. The Kier molecular flexibility index (Phi) is 5.55. The van der Waals surface area contributed by atoms with Gasteiger partial charge in [0.15, 0.2) is 0 Å². The van der Waals surface area contributed by atoms with Crippen LogP contribution in [0.2, 0.25) is 0 Å². The largest absolute Gasteiger partial charge is 0.507 e. The van der Waals surface area contributed by atoms with E-state index in [2.05, 4.69) is 0 Å². The van der Waals surface area contributed by atoms with Gasteiger partial charge in [0, 0.05) is 24.2 Å². The summed E-state index contributed by atoms with van der Waals surface area (Å²) < 4.78 is 0. The molecule has 0 radical (unpaired) electrons. The minimum absolute atomic E-state index is 0.0383. The Morgan fingerprint density at radius 1 is 0.969 bits per heavy atom. The van der Waals surface area contributed by atoms with Crippen molar-refractivity contribution in [2.24, 2.45) is 0 Å². The van der Waals surface area contributed by atoms with Crippen LogP contribution in [0, 0.1) is 17.0 Å². The highest BCUT2D eigenvalue weighted by Gasteiger charge is 2.46. The first kappa shape index (κ1) is 21.0. The van der Waals surface area contributed by atoms with Gasteiger partial charge in [-0.2, -0.15) is 0 Å². The maximum absolute atomic E-state index is 13.0. The number of Topliss-reactive ketones (excluding diaryl/α,β-unsaturated/α-hetero) is 1. The van der Waals surface area contributed by atoms with Gasteiger partial charge in [0.05, 0.1) is 16.5 Å². The van der Waals surface area contributed by atoms with Crippen LogP contribution in [0.5, 0.6) is 0 Å². The SMILES string of the molecule is Cc1ccc(C(O)=C2C(=O)C(=O)N(Cc3ccccc3)C2c2ccc([N+](=O)[O-])cc2)cc1. The predicted octanol–water partition coefficient (Wildman–Crippen LogP) is 4.53. The molecule has 0 saturated carbocycles. The lowest BCUT2D eigenvalue weighted by Gasteiger charge is -2.25. The summed E-state index contributed by atoms with van der Waals surface area (Å²) in [5.74, 6) is -1.80. The van der Waals surface area contributed by atoms with Crippen molar-refractivity contribution in [1.82, 2.24) is 4.90 Å². The number of non-ortho nitro benzene ring substituents is 1. The molecule has 7 nitrogen and oxygen atoms in total. The van der Waals surface area contributed by atoms with E-state index in [9.17, 15) is 24.8 Å². The van der Waals surface area contributed by atoms with Crippen molar-refractivity contribution in [1.29, 1.82) is 0 Å². The van der Waals surface area contributed by atoms with Gasteiger partial charge in [-0.15, -0.1) is 0 Å². The van der Waals surface area contributed by atoms with Crippen molar-refractivity contribution in [3.05, 3.63) is 117 Å². The molecule has 1 aliphatic heterocycles. The summed E-state index contributed by atoms with van der Waals surface area (Å²) in [7, 11) is 0. The molecule has 1 heterocycles. The van der Waals surface area contributed by atoms with Gasteiger partial charge in [0.1, 0.15) is 5.76 Å². The summed E-state index contributed by atoms with van der Waals surface area (Å²) in [6.07, 6.45) is 0. The molecule has 1 amide bonds. The molecular weight excluding hydrogens is 408 g/mol. The van der Waals surface area contributed by atoms with Gasteiger partial charge < -0.3 is 10.0 Å². The first-order valence-electron chi connectivity index (χ1n) is 10.0. The number of aryl methyl sites for hydroxylation is 1. The second-order valence-electron chi connectivity index (χ2n) is 7.63. The maximum atomic E-state index is 13.0. The van der Waals surface area contributed by atoms with Crippen molar-refractivity contribution >= 4 is 23.1 Å². The van der Waals surface area contributed by atoms with Gasteiger partial charge in [0.25, 0.3) is 17.4 Å². The summed E-state index contributed by atoms with van der Waals surface area (Å²) in [5.41, 5.74) is 2.57. The average molecular weight is 428 g/mol. The summed E-state index contributed by atoms with van der Waals surface area (Å²) >= 11 is 0. The standard InChI is InChI=1S/C25H20N2O5/c1-16-7-9-19(10-8-16)23(28)21-22(18-11-13-20(14-12-18)27(31)32)26(25(30)24(21)29)15-17-5-3-2-4-6-17/h2-14,22,28H,15H2,1H3. The average Bonchev–Trinajstić information content (AvgIpc) is 3.05. The molecule has 1 fully saturated rings. The zero-order valence-corrected chi connectivity index (χ0v) is 17.3. The third kappa shape index (κ3) is 3.88. The fourth-order valence-corrected chi connectivity index (χ4v) is 3.82. The Bertz CT molecular complexity index is 1220. The Hall–Kier alpha value is -4.26. The quantitative estimate of drug-likeness (QED) is 0.212. The van der Waals surface area contributed by atoms with Crippen molar-refractivity contribution in [3.63, 3.8) is 0 Å². The van der Waals surface area contributed by atoms with Crippen LogP contribution < -0.4 is 0 Å². The molecule has 1 aliphatic rings. The van der Waals surface area contributed by atoms with Gasteiger partial charge in [-0.1, -0.05) is 60.2 Å². The Morgan fingerprint density at radius 3 is 2.19 bits per heavy atom. The van der Waals surface area contributed by atoms with Crippen LogP contribution in [-0.2, 0) is 16.1 Å². The second-order valence-corrected chi connectivity index (χ2v) is 7.63. The van der Waals surface area contributed by atoms with Gasteiger partial charge in [-0.05, 0) is 30.2 Å². The number of nitrogens with zero attached hydrogens (tertiary/aromatic N) is 2. The summed E-state index contributed by atoms with van der Waals surface area (Å²) in [5, 5.41) is 22.1. The van der Waals surface area contributed by atoms with Crippen molar-refractivity contribution < 1.29 is 19.6 Å². The molecule has 1 saturated heterocycles. The first-order chi connectivity index (χ1) is 15.4. The maximum Gasteiger partial charge on any atom is 0.295 e. The smallest absolute Gasteiger partial charge is 0.295 e. The van der Waals surface area contributed by atoms with E-state index in [1.165, 1.54) is 29.2 Å². The number of hydrogen-bond acceptors (Lipinski definition) is 5. The third-order valence-electron chi connectivity index (χ3n) is 5.48. The summed E-state index contributed by atoms with van der Waals surface area (Å²) in [4.78, 5) is 38.0. The highest BCUT2D eigenvalue weighted by Crippen LogP contribution is 2.40. The van der Waals surface area contributed by atoms with Crippen molar-refractivity contribution in [3.8, 4) is 0 Å². The summed E-state index contributed by atoms with van der Waals surface area (Å²) in [6, 6.07) is 20.9. The number of hydrogen-bond donors (Lipinski definition) is 1. The van der Waals surface area contributed by atoms with Gasteiger partial charge >= 0.3 is 0 Å². The fourth-order valence-electron chi connectivity index (χ4n) is 3.82. The number of nitro benzene ring substituents is 1. The zero-order chi connectivity index (χ0) is 22.8. The van der Waals surface area contributed by atoms with Crippen LogP contribution >= 0.6 is 0 Å². The number of benzene rings is 3. The first-order valence-corrected chi connectivity index (χ1v) is 10.0. The van der Waals surface area contributed by atoms with Gasteiger partial charge in [-0.3, -0.25) is 19.7 Å². The van der Waals surface area contributed by atoms with E-state index in [1.54, 1.807) is 24.3 Å². The summed E-state index contributed by atoms with van der Waals surface area (Å²) in [6.45, 7) is 2.05. The number of nitro groups is 1. The molecule has 7 heteroatoms. The van der Waals surface area contributed by atoms with E-state index < -0.39 is 22.7 Å². The number of carbonyl (C=O) groups excluding carboxylic acids is 2. The lowest BCUT2D eigenvalue weighted by Crippen LogP contribution is -2.29. The molecule has 0 spiro atoms. The highest BCUT2D eigenvalue weighted by molar-refractivity contribution is 6.46. The topological polar surface area (TPSA) is 101 Å². The van der Waals surface area contributed by atoms with Crippen LogP contribution in [0.4, 0.5) is 5.69 Å². The van der Waals surface area contributed by atoms with Gasteiger partial charge in [-0.25, -0.2) is 0 Å². The lowest BCUT2D eigenvalue weighted by atomic mass is 9.94. The fraction of sp³-hybridized carbons (Fsp3) is 0.120. The van der Waals surface area contributed by atoms with Crippen LogP contribution in [0.3, 0.4) is 0 Å². The van der Waals surface area contributed by atoms with Gasteiger partial charge in [0.2, 0.25) is 0 Å². The minimum Gasteiger partial charge on any atom is -0.507 e. The lowest BCUT2D eigenvalue weighted by molar-refractivity contribution is -0.384. The molecule has 1 N–H and O–H groups in total. The van der Waals surface area contributed by atoms with Crippen molar-refractivity contribution in [2.75, 3.05) is 0 Å². The molecule has 160 valence electrons. The molecule has 0 aliphatic carbocycles. The Labute approximate surface area is 184 Å². The number of aliphatic hydroxyl groups excluding tert-OH is 1. The molecule has 4 rings (SSSR count). The molecule has 3 aromatic rings. The molecule has 1 unspecified atom stereocenters. The van der Waals surface area contributed by atoms with E-state index in [0.29, 0.717) is 11.1 Å². The molecule has 32 heavy (non-hydrogen) atoms. The van der Waals surface area contributed by atoms with E-state index in [-0.39, 0.29) is 23.6 Å².